The normalized spacial score (nSPS) is 26.0. The first-order valence-corrected chi connectivity index (χ1v) is 5.26. The number of fused-ring (bicyclic) bond motifs is 1. The molecule has 0 fully saturated rings. The van der Waals surface area contributed by atoms with Crippen LogP contribution in [0.5, 0.6) is 0 Å². The molecule has 1 aliphatic carbocycles. The number of benzene rings is 1. The van der Waals surface area contributed by atoms with Crippen LogP contribution in [0.4, 0.5) is 0 Å². The van der Waals surface area contributed by atoms with Gasteiger partial charge in [0.05, 0.1) is 6.10 Å². The van der Waals surface area contributed by atoms with Crippen LogP contribution in [0.1, 0.15) is 23.7 Å². The molecule has 0 spiro atoms. The van der Waals surface area contributed by atoms with Gasteiger partial charge in [-0.05, 0) is 30.5 Å². The Hall–Kier alpha value is -0.280. The molecule has 0 amide bonds. The van der Waals surface area contributed by atoms with Crippen LogP contribution in [0.3, 0.4) is 0 Å². The van der Waals surface area contributed by atoms with Crippen molar-refractivity contribution in [2.75, 3.05) is 0 Å². The summed E-state index contributed by atoms with van der Waals surface area (Å²) in [5, 5.41) is 11.0. The molecule has 76 valence electrons. The van der Waals surface area contributed by atoms with E-state index in [9.17, 15) is 5.11 Å². The van der Waals surface area contributed by atoms with Crippen molar-refractivity contribution >= 4 is 23.2 Å². The summed E-state index contributed by atoms with van der Waals surface area (Å²) in [6.45, 7) is 0. The molecule has 0 radical (unpaired) electrons. The van der Waals surface area contributed by atoms with Crippen LogP contribution in [0, 0.1) is 0 Å². The molecule has 2 nitrogen and oxygen atoms in total. The highest BCUT2D eigenvalue weighted by molar-refractivity contribution is 6.35. The second kappa shape index (κ2) is 3.70. The van der Waals surface area contributed by atoms with Gasteiger partial charge in [-0.15, -0.1) is 0 Å². The summed E-state index contributed by atoms with van der Waals surface area (Å²) < 4.78 is 0. The van der Waals surface area contributed by atoms with Gasteiger partial charge in [0.25, 0.3) is 0 Å². The Morgan fingerprint density at radius 2 is 2.07 bits per heavy atom. The summed E-state index contributed by atoms with van der Waals surface area (Å²) in [6, 6.07) is 3.27. The molecular weight excluding hydrogens is 221 g/mol. The average Bonchev–Trinajstić information content (AvgIpc) is 2.10. The Labute approximate surface area is 92.6 Å². The zero-order valence-electron chi connectivity index (χ0n) is 7.50. The maximum atomic E-state index is 9.85. The van der Waals surface area contributed by atoms with Gasteiger partial charge >= 0.3 is 0 Å². The zero-order valence-corrected chi connectivity index (χ0v) is 9.02. The third-order valence-corrected chi connectivity index (χ3v) is 3.16. The second-order valence-corrected chi connectivity index (χ2v) is 4.45. The Kier molecular flexibility index (Phi) is 2.71. The summed E-state index contributed by atoms with van der Waals surface area (Å²) in [4.78, 5) is 0. The van der Waals surface area contributed by atoms with Crippen molar-refractivity contribution in [3.05, 3.63) is 33.3 Å². The van der Waals surface area contributed by atoms with Gasteiger partial charge < -0.3 is 10.8 Å². The molecule has 4 heteroatoms. The molecule has 1 aliphatic rings. The van der Waals surface area contributed by atoms with E-state index in [1.807, 2.05) is 6.07 Å². The standard InChI is InChI=1S/C10H11Cl2NO/c11-6-3-5-1-2-8(13)10(14)9(5)7(12)4-6/h3-4,8,10,14H,1-2,13H2/t8-,10+/m0/s1. The second-order valence-electron chi connectivity index (χ2n) is 3.61. The molecule has 0 bridgehead atoms. The summed E-state index contributed by atoms with van der Waals surface area (Å²) in [6.07, 6.45) is 0.932. The number of hydrogen-bond acceptors (Lipinski definition) is 2. The lowest BCUT2D eigenvalue weighted by molar-refractivity contribution is 0.134. The quantitative estimate of drug-likeness (QED) is 0.720. The molecule has 14 heavy (non-hydrogen) atoms. The van der Waals surface area contributed by atoms with Crippen molar-refractivity contribution in [1.29, 1.82) is 0 Å². The predicted octanol–water partition coefficient (Wildman–Crippen LogP) is 2.30. The molecule has 0 heterocycles. The van der Waals surface area contributed by atoms with Crippen molar-refractivity contribution in [3.63, 3.8) is 0 Å². The van der Waals surface area contributed by atoms with Gasteiger partial charge in [0.15, 0.2) is 0 Å². The van der Waals surface area contributed by atoms with E-state index in [1.165, 1.54) is 0 Å². The van der Waals surface area contributed by atoms with Crippen LogP contribution in [0.15, 0.2) is 12.1 Å². The molecule has 1 aromatic rings. The van der Waals surface area contributed by atoms with E-state index in [-0.39, 0.29) is 6.04 Å². The lowest BCUT2D eigenvalue weighted by atomic mass is 9.86. The summed E-state index contributed by atoms with van der Waals surface area (Å²) in [7, 11) is 0. The van der Waals surface area contributed by atoms with E-state index in [4.69, 9.17) is 28.9 Å². The van der Waals surface area contributed by atoms with Gasteiger partial charge in [-0.25, -0.2) is 0 Å². The van der Waals surface area contributed by atoms with E-state index in [2.05, 4.69) is 0 Å². The first-order valence-electron chi connectivity index (χ1n) is 4.51. The largest absolute Gasteiger partial charge is 0.387 e. The Morgan fingerprint density at radius 3 is 2.79 bits per heavy atom. The van der Waals surface area contributed by atoms with Gasteiger partial charge in [-0.3, -0.25) is 0 Å². The molecule has 0 saturated carbocycles. The van der Waals surface area contributed by atoms with E-state index >= 15 is 0 Å². The topological polar surface area (TPSA) is 46.2 Å². The number of aliphatic hydroxyl groups excluding tert-OH is 1. The monoisotopic (exact) mass is 231 g/mol. The fraction of sp³-hybridized carbons (Fsp3) is 0.400. The molecule has 1 aromatic carbocycles. The van der Waals surface area contributed by atoms with Crippen LogP contribution in [-0.2, 0) is 6.42 Å². The third kappa shape index (κ3) is 1.63. The number of aliphatic hydroxyl groups is 1. The fourth-order valence-electron chi connectivity index (χ4n) is 1.87. The van der Waals surface area contributed by atoms with Gasteiger partial charge in [-0.1, -0.05) is 23.2 Å². The maximum Gasteiger partial charge on any atom is 0.0958 e. The summed E-state index contributed by atoms with van der Waals surface area (Å²) >= 11 is 11.9. The highest BCUT2D eigenvalue weighted by atomic mass is 35.5. The number of rotatable bonds is 0. The van der Waals surface area contributed by atoms with Crippen LogP contribution in [-0.4, -0.2) is 11.1 Å². The number of halogens is 2. The smallest absolute Gasteiger partial charge is 0.0958 e. The Balaban J connectivity index is 2.54. The molecule has 0 unspecified atom stereocenters. The van der Waals surface area contributed by atoms with Crippen LogP contribution < -0.4 is 5.73 Å². The summed E-state index contributed by atoms with van der Waals surface area (Å²) in [5.41, 5.74) is 7.51. The highest BCUT2D eigenvalue weighted by Gasteiger charge is 2.27. The molecule has 2 rings (SSSR count). The summed E-state index contributed by atoms with van der Waals surface area (Å²) in [5.74, 6) is 0. The van der Waals surface area contributed by atoms with Gasteiger partial charge in [0.1, 0.15) is 0 Å². The highest BCUT2D eigenvalue weighted by Crippen LogP contribution is 2.36. The predicted molar refractivity (Wildman–Crippen MR) is 57.7 cm³/mol. The third-order valence-electron chi connectivity index (χ3n) is 2.63. The van der Waals surface area contributed by atoms with Gasteiger partial charge in [0.2, 0.25) is 0 Å². The fourth-order valence-corrected chi connectivity index (χ4v) is 2.52. The average molecular weight is 232 g/mol. The van der Waals surface area contributed by atoms with Gasteiger partial charge in [0, 0.05) is 21.7 Å². The van der Waals surface area contributed by atoms with E-state index in [1.54, 1.807) is 6.07 Å². The zero-order chi connectivity index (χ0) is 10.3. The van der Waals surface area contributed by atoms with Crippen molar-refractivity contribution < 1.29 is 5.11 Å². The van der Waals surface area contributed by atoms with Crippen LogP contribution >= 0.6 is 23.2 Å². The van der Waals surface area contributed by atoms with E-state index in [0.29, 0.717) is 10.0 Å². The minimum absolute atomic E-state index is 0.221. The van der Waals surface area contributed by atoms with Crippen LogP contribution in [0.25, 0.3) is 0 Å². The molecule has 2 atom stereocenters. The maximum absolute atomic E-state index is 9.85. The van der Waals surface area contributed by atoms with Crippen molar-refractivity contribution in [1.82, 2.24) is 0 Å². The van der Waals surface area contributed by atoms with Crippen molar-refractivity contribution in [3.8, 4) is 0 Å². The first-order chi connectivity index (χ1) is 6.59. The molecule has 0 saturated heterocycles. The number of nitrogens with two attached hydrogens (primary N) is 1. The lowest BCUT2D eigenvalue weighted by Crippen LogP contribution is -2.33. The minimum Gasteiger partial charge on any atom is -0.387 e. The molecule has 0 aromatic heterocycles. The number of hydrogen-bond donors (Lipinski definition) is 2. The van der Waals surface area contributed by atoms with Crippen LogP contribution in [0.2, 0.25) is 10.0 Å². The molecular formula is C10H11Cl2NO. The first kappa shape index (κ1) is 10.2. The minimum atomic E-state index is -0.663. The van der Waals surface area contributed by atoms with Crippen molar-refractivity contribution in [2.45, 2.75) is 25.0 Å². The van der Waals surface area contributed by atoms with Gasteiger partial charge in [-0.2, -0.15) is 0 Å². The lowest BCUT2D eigenvalue weighted by Gasteiger charge is -2.28. The number of aryl methyl sites for hydroxylation is 1. The Morgan fingerprint density at radius 1 is 1.36 bits per heavy atom. The molecule has 0 aliphatic heterocycles. The van der Waals surface area contributed by atoms with E-state index < -0.39 is 6.10 Å². The van der Waals surface area contributed by atoms with Crippen molar-refractivity contribution in [2.24, 2.45) is 5.73 Å². The SMILES string of the molecule is N[C@H]1CCc2cc(Cl)cc(Cl)c2[C@@H]1O. The molecule has 3 N–H and O–H groups in total. The van der Waals surface area contributed by atoms with E-state index in [0.717, 1.165) is 24.0 Å². The Bertz CT molecular complexity index is 367.